The number of rotatable bonds is 4. The van der Waals surface area contributed by atoms with Crippen LogP contribution in [0.5, 0.6) is 5.88 Å². The van der Waals surface area contributed by atoms with Crippen LogP contribution in [0.4, 0.5) is 10.7 Å². The summed E-state index contributed by atoms with van der Waals surface area (Å²) < 4.78 is 11.3. The average Bonchev–Trinajstić information content (AvgIpc) is 2.67. The fourth-order valence-corrected chi connectivity index (χ4v) is 2.89. The number of amides is 1. The van der Waals surface area contributed by atoms with Crippen molar-refractivity contribution in [3.8, 4) is 5.88 Å². The van der Waals surface area contributed by atoms with Crippen LogP contribution in [0.3, 0.4) is 0 Å². The Hall–Kier alpha value is -2.35. The highest BCUT2D eigenvalue weighted by atomic mass is 79.9. The lowest BCUT2D eigenvalue weighted by Crippen LogP contribution is -2.49. The zero-order chi connectivity index (χ0) is 17.6. The number of anilines is 1. The van der Waals surface area contributed by atoms with Crippen LogP contribution in [-0.2, 0) is 11.3 Å². The first-order valence-corrected chi connectivity index (χ1v) is 8.74. The molecular formula is C17H19BrN4O3. The van der Waals surface area contributed by atoms with Crippen LogP contribution in [0.2, 0.25) is 0 Å². The Morgan fingerprint density at radius 1 is 1.20 bits per heavy atom. The summed E-state index contributed by atoms with van der Waals surface area (Å²) in [6.45, 7) is 2.70. The minimum absolute atomic E-state index is 0.285. The Labute approximate surface area is 154 Å². The third kappa shape index (κ3) is 4.39. The fourth-order valence-electron chi connectivity index (χ4n) is 2.54. The maximum atomic E-state index is 12.2. The molecule has 0 unspecified atom stereocenters. The van der Waals surface area contributed by atoms with Crippen molar-refractivity contribution in [1.29, 1.82) is 0 Å². The molecule has 7 nitrogen and oxygen atoms in total. The molecule has 1 aliphatic heterocycles. The molecule has 0 N–H and O–H groups in total. The molecule has 1 aromatic heterocycles. The van der Waals surface area contributed by atoms with Crippen molar-refractivity contribution in [2.24, 2.45) is 0 Å². The van der Waals surface area contributed by atoms with Gasteiger partial charge in [0.15, 0.2) is 0 Å². The summed E-state index contributed by atoms with van der Waals surface area (Å²) in [5, 5.41) is 0. The van der Waals surface area contributed by atoms with Gasteiger partial charge in [0, 0.05) is 26.2 Å². The van der Waals surface area contributed by atoms with Crippen LogP contribution in [0.25, 0.3) is 0 Å². The number of methoxy groups -OCH3 is 1. The number of halogens is 1. The van der Waals surface area contributed by atoms with Gasteiger partial charge in [0.2, 0.25) is 11.8 Å². The molecule has 3 rings (SSSR count). The van der Waals surface area contributed by atoms with Crippen molar-refractivity contribution in [2.75, 3.05) is 38.2 Å². The van der Waals surface area contributed by atoms with Gasteiger partial charge in [0.05, 0.1) is 17.8 Å². The van der Waals surface area contributed by atoms with Crippen molar-refractivity contribution in [2.45, 2.75) is 6.61 Å². The van der Waals surface area contributed by atoms with Gasteiger partial charge < -0.3 is 19.3 Å². The fraction of sp³-hybridized carbons (Fsp3) is 0.353. The summed E-state index contributed by atoms with van der Waals surface area (Å²) >= 11 is 3.34. The van der Waals surface area contributed by atoms with Crippen molar-refractivity contribution >= 4 is 28.0 Å². The maximum Gasteiger partial charge on any atom is 0.410 e. The van der Waals surface area contributed by atoms with E-state index in [9.17, 15) is 4.79 Å². The summed E-state index contributed by atoms with van der Waals surface area (Å²) in [6, 6.07) is 9.65. The predicted molar refractivity (Wildman–Crippen MR) is 96.7 cm³/mol. The zero-order valence-electron chi connectivity index (χ0n) is 13.9. The van der Waals surface area contributed by atoms with Crippen LogP contribution >= 0.6 is 15.9 Å². The highest BCUT2D eigenvalue weighted by Crippen LogP contribution is 2.24. The van der Waals surface area contributed by atoms with Gasteiger partial charge >= 0.3 is 6.09 Å². The Morgan fingerprint density at radius 2 is 1.92 bits per heavy atom. The molecule has 1 aromatic carbocycles. The summed E-state index contributed by atoms with van der Waals surface area (Å²) in [6.07, 6.45) is 1.37. The molecule has 0 spiro atoms. The lowest BCUT2D eigenvalue weighted by molar-refractivity contribution is 0.0940. The molecule has 1 amide bonds. The molecule has 2 heterocycles. The van der Waals surface area contributed by atoms with E-state index in [1.807, 2.05) is 35.2 Å². The van der Waals surface area contributed by atoms with E-state index in [1.165, 1.54) is 0 Å². The first-order valence-electron chi connectivity index (χ1n) is 7.94. The molecule has 1 fully saturated rings. The van der Waals surface area contributed by atoms with Crippen molar-refractivity contribution in [3.63, 3.8) is 0 Å². The second-order valence-corrected chi connectivity index (χ2v) is 6.40. The van der Waals surface area contributed by atoms with Crippen molar-refractivity contribution in [3.05, 3.63) is 46.6 Å². The van der Waals surface area contributed by atoms with E-state index in [-0.39, 0.29) is 12.7 Å². The molecule has 0 atom stereocenters. The Kier molecular flexibility index (Phi) is 5.70. The van der Waals surface area contributed by atoms with E-state index in [0.29, 0.717) is 42.5 Å². The largest absolute Gasteiger partial charge is 0.480 e. The molecule has 25 heavy (non-hydrogen) atoms. The number of aromatic nitrogens is 2. The maximum absolute atomic E-state index is 12.2. The molecule has 2 aromatic rings. The van der Waals surface area contributed by atoms with Crippen LogP contribution < -0.4 is 9.64 Å². The second kappa shape index (κ2) is 8.15. The first-order chi connectivity index (χ1) is 12.2. The molecule has 0 saturated carbocycles. The molecule has 8 heteroatoms. The highest BCUT2D eigenvalue weighted by molar-refractivity contribution is 9.10. The number of carbonyl (C=O) groups excluding carboxylic acids is 1. The lowest BCUT2D eigenvalue weighted by Gasteiger charge is -2.34. The smallest absolute Gasteiger partial charge is 0.410 e. The summed E-state index contributed by atoms with van der Waals surface area (Å²) in [7, 11) is 1.57. The number of benzene rings is 1. The minimum Gasteiger partial charge on any atom is -0.480 e. The topological polar surface area (TPSA) is 67.8 Å². The van der Waals surface area contributed by atoms with Gasteiger partial charge in [0.1, 0.15) is 6.61 Å². The minimum atomic E-state index is -0.294. The van der Waals surface area contributed by atoms with E-state index in [0.717, 1.165) is 5.56 Å². The summed E-state index contributed by atoms with van der Waals surface area (Å²) in [4.78, 5) is 24.6. The Morgan fingerprint density at radius 3 is 2.60 bits per heavy atom. The quantitative estimate of drug-likeness (QED) is 0.777. The number of hydrogen-bond acceptors (Lipinski definition) is 6. The van der Waals surface area contributed by atoms with Crippen LogP contribution in [-0.4, -0.2) is 54.2 Å². The summed E-state index contributed by atoms with van der Waals surface area (Å²) in [5.74, 6) is 1.09. The molecule has 132 valence electrons. The van der Waals surface area contributed by atoms with E-state index < -0.39 is 0 Å². The monoisotopic (exact) mass is 406 g/mol. The van der Waals surface area contributed by atoms with Gasteiger partial charge in [-0.2, -0.15) is 4.98 Å². The summed E-state index contributed by atoms with van der Waals surface area (Å²) in [5.41, 5.74) is 0.977. The standard InChI is InChI=1S/C17H19BrN4O3/c1-24-15-14(18)11-19-16(20-15)21-7-9-22(10-8-21)17(23)25-12-13-5-3-2-4-6-13/h2-6,11H,7-10,12H2,1H3. The Balaban J connectivity index is 1.52. The van der Waals surface area contributed by atoms with Crippen molar-refractivity contribution < 1.29 is 14.3 Å². The van der Waals surface area contributed by atoms with Gasteiger partial charge in [0.25, 0.3) is 0 Å². The van der Waals surface area contributed by atoms with E-state index in [4.69, 9.17) is 9.47 Å². The molecule has 0 bridgehead atoms. The second-order valence-electron chi connectivity index (χ2n) is 5.54. The lowest BCUT2D eigenvalue weighted by atomic mass is 10.2. The molecule has 0 radical (unpaired) electrons. The molecule has 1 aliphatic rings. The third-order valence-corrected chi connectivity index (χ3v) is 4.46. The van der Waals surface area contributed by atoms with E-state index in [2.05, 4.69) is 25.9 Å². The normalized spacial score (nSPS) is 14.3. The third-order valence-electron chi connectivity index (χ3n) is 3.92. The van der Waals surface area contributed by atoms with Crippen LogP contribution in [0.1, 0.15) is 5.56 Å². The Bertz CT molecular complexity index is 721. The zero-order valence-corrected chi connectivity index (χ0v) is 15.5. The van der Waals surface area contributed by atoms with Crippen LogP contribution in [0.15, 0.2) is 41.0 Å². The molecular weight excluding hydrogens is 388 g/mol. The number of carbonyl (C=O) groups is 1. The van der Waals surface area contributed by atoms with E-state index >= 15 is 0 Å². The van der Waals surface area contributed by atoms with Crippen LogP contribution in [0, 0.1) is 0 Å². The van der Waals surface area contributed by atoms with Gasteiger partial charge in [-0.05, 0) is 21.5 Å². The van der Waals surface area contributed by atoms with Crippen molar-refractivity contribution in [1.82, 2.24) is 14.9 Å². The number of ether oxygens (including phenoxy) is 2. The first kappa shape index (κ1) is 17.5. The average molecular weight is 407 g/mol. The van der Waals surface area contributed by atoms with Gasteiger partial charge in [-0.1, -0.05) is 30.3 Å². The van der Waals surface area contributed by atoms with E-state index in [1.54, 1.807) is 18.2 Å². The molecule has 0 aliphatic carbocycles. The SMILES string of the molecule is COc1nc(N2CCN(C(=O)OCc3ccccc3)CC2)ncc1Br. The number of nitrogens with zero attached hydrogens (tertiary/aromatic N) is 4. The van der Waals surface area contributed by atoms with Gasteiger partial charge in [-0.15, -0.1) is 0 Å². The molecule has 1 saturated heterocycles. The number of piperazine rings is 1. The number of hydrogen-bond donors (Lipinski definition) is 0. The van der Waals surface area contributed by atoms with Gasteiger partial charge in [-0.25, -0.2) is 9.78 Å². The highest BCUT2D eigenvalue weighted by Gasteiger charge is 2.24. The van der Waals surface area contributed by atoms with Gasteiger partial charge in [-0.3, -0.25) is 0 Å². The predicted octanol–water partition coefficient (Wildman–Crippen LogP) is 2.71.